The second-order valence-electron chi connectivity index (χ2n) is 4.65. The van der Waals surface area contributed by atoms with Crippen LogP contribution in [-0.2, 0) is 17.6 Å². The van der Waals surface area contributed by atoms with Crippen LogP contribution in [0.1, 0.15) is 17.0 Å². The van der Waals surface area contributed by atoms with Gasteiger partial charge in [0.1, 0.15) is 5.82 Å². The number of aryl methyl sites for hydroxylation is 2. The fraction of sp³-hybridized carbons (Fsp3) is 0.286. The van der Waals surface area contributed by atoms with Crippen LogP contribution in [0.25, 0.3) is 0 Å². The number of thiazole rings is 1. The van der Waals surface area contributed by atoms with Gasteiger partial charge in [0.05, 0.1) is 5.69 Å². The number of halogens is 2. The highest BCUT2D eigenvalue weighted by Crippen LogP contribution is 2.30. The summed E-state index contributed by atoms with van der Waals surface area (Å²) in [5, 5.41) is 3.15. The fourth-order valence-corrected chi connectivity index (χ4v) is 3.20. The highest BCUT2D eigenvalue weighted by atomic mass is 32.1. The third-order valence-electron chi connectivity index (χ3n) is 3.09. The van der Waals surface area contributed by atoms with Crippen LogP contribution in [0.15, 0.2) is 18.2 Å². The van der Waals surface area contributed by atoms with Crippen LogP contribution in [0.4, 0.5) is 13.9 Å². The van der Waals surface area contributed by atoms with Gasteiger partial charge in [-0.1, -0.05) is 0 Å². The molecule has 1 heterocycles. The summed E-state index contributed by atoms with van der Waals surface area (Å²) in [6.07, 6.45) is 3.05. The number of hydrogen-bond donors (Lipinski definition) is 1. The molecule has 0 bridgehead atoms. The lowest BCUT2D eigenvalue weighted by Gasteiger charge is -2.06. The van der Waals surface area contributed by atoms with Crippen molar-refractivity contribution in [3.05, 3.63) is 40.4 Å². The minimum absolute atomic E-state index is 0.159. The molecular formula is C14H12F2N2O2S. The summed E-state index contributed by atoms with van der Waals surface area (Å²) in [6, 6.07) is 2.93. The smallest absolute Gasteiger partial charge is 0.264 e. The van der Waals surface area contributed by atoms with E-state index in [1.807, 2.05) is 0 Å². The molecule has 110 valence electrons. The summed E-state index contributed by atoms with van der Waals surface area (Å²) in [5.41, 5.74) is 1.04. The van der Waals surface area contributed by atoms with Crippen molar-refractivity contribution in [2.75, 3.05) is 11.9 Å². The number of benzene rings is 1. The zero-order valence-electron chi connectivity index (χ0n) is 11.0. The van der Waals surface area contributed by atoms with Gasteiger partial charge in [-0.25, -0.2) is 13.8 Å². The summed E-state index contributed by atoms with van der Waals surface area (Å²) in [4.78, 5) is 17.3. The van der Waals surface area contributed by atoms with Crippen LogP contribution in [0, 0.1) is 11.6 Å². The van der Waals surface area contributed by atoms with Gasteiger partial charge in [0.25, 0.3) is 5.91 Å². The Hall–Kier alpha value is -2.02. The number of nitrogens with one attached hydrogen (secondary N) is 1. The maximum absolute atomic E-state index is 13.3. The lowest BCUT2D eigenvalue weighted by molar-refractivity contribution is -0.118. The zero-order valence-corrected chi connectivity index (χ0v) is 11.8. The van der Waals surface area contributed by atoms with Gasteiger partial charge in [0, 0.05) is 10.9 Å². The molecule has 0 unspecified atom stereocenters. The van der Waals surface area contributed by atoms with E-state index in [0.717, 1.165) is 37.1 Å². The number of ether oxygens (including phenoxy) is 1. The minimum Gasteiger partial charge on any atom is -0.481 e. The average Bonchev–Trinajstić information content (AvgIpc) is 2.98. The van der Waals surface area contributed by atoms with Gasteiger partial charge in [-0.3, -0.25) is 10.1 Å². The molecule has 21 heavy (non-hydrogen) atoms. The predicted octanol–water partition coefficient (Wildman–Crippen LogP) is 2.93. The van der Waals surface area contributed by atoms with Gasteiger partial charge in [0.2, 0.25) is 0 Å². The van der Waals surface area contributed by atoms with Crippen LogP contribution >= 0.6 is 11.3 Å². The number of nitrogens with zero attached hydrogens (tertiary/aromatic N) is 1. The maximum Gasteiger partial charge on any atom is 0.264 e. The van der Waals surface area contributed by atoms with E-state index in [0.29, 0.717) is 11.2 Å². The molecule has 0 radical (unpaired) electrons. The molecule has 2 aromatic rings. The minimum atomic E-state index is -0.837. The van der Waals surface area contributed by atoms with E-state index >= 15 is 0 Å². The molecule has 1 amide bonds. The van der Waals surface area contributed by atoms with Crippen LogP contribution in [0.3, 0.4) is 0 Å². The first kappa shape index (κ1) is 13.9. The lowest BCUT2D eigenvalue weighted by atomic mass is 10.3. The lowest BCUT2D eigenvalue weighted by Crippen LogP contribution is -2.20. The maximum atomic E-state index is 13.3. The predicted molar refractivity (Wildman–Crippen MR) is 74.6 cm³/mol. The van der Waals surface area contributed by atoms with Crippen molar-refractivity contribution in [3.8, 4) is 5.75 Å². The Morgan fingerprint density at radius 1 is 1.38 bits per heavy atom. The van der Waals surface area contributed by atoms with Gasteiger partial charge >= 0.3 is 0 Å². The monoisotopic (exact) mass is 310 g/mol. The van der Waals surface area contributed by atoms with E-state index in [2.05, 4.69) is 10.3 Å². The third-order valence-corrected chi connectivity index (χ3v) is 4.17. The van der Waals surface area contributed by atoms with Gasteiger partial charge in [-0.2, -0.15) is 0 Å². The van der Waals surface area contributed by atoms with Crippen molar-refractivity contribution in [3.63, 3.8) is 0 Å². The average molecular weight is 310 g/mol. The summed E-state index contributed by atoms with van der Waals surface area (Å²) < 4.78 is 31.1. The van der Waals surface area contributed by atoms with E-state index in [1.54, 1.807) is 0 Å². The standard InChI is InChI=1S/C14H12F2N2O2S/c15-8-4-5-11(9(16)6-8)20-7-13(19)18-14-17-10-2-1-3-12(10)21-14/h4-6H,1-3,7H2,(H,17,18,19). The van der Waals surface area contributed by atoms with E-state index in [4.69, 9.17) is 4.74 Å². The zero-order chi connectivity index (χ0) is 14.8. The molecule has 7 heteroatoms. The summed E-state index contributed by atoms with van der Waals surface area (Å²) in [5.74, 6) is -2.11. The van der Waals surface area contributed by atoms with Gasteiger partial charge in [-0.15, -0.1) is 11.3 Å². The molecule has 1 aliphatic rings. The van der Waals surface area contributed by atoms with Gasteiger partial charge in [0.15, 0.2) is 23.3 Å². The normalized spacial score (nSPS) is 13.0. The molecule has 1 aromatic carbocycles. The van der Waals surface area contributed by atoms with Crippen LogP contribution < -0.4 is 10.1 Å². The highest BCUT2D eigenvalue weighted by molar-refractivity contribution is 7.15. The van der Waals surface area contributed by atoms with E-state index < -0.39 is 17.5 Å². The number of amides is 1. The molecule has 0 saturated heterocycles. The first-order valence-corrected chi connectivity index (χ1v) is 7.30. The Bertz CT molecular complexity index is 666. The summed E-state index contributed by atoms with van der Waals surface area (Å²) >= 11 is 1.45. The van der Waals surface area contributed by atoms with Crippen LogP contribution in [0.2, 0.25) is 0 Å². The number of carbonyl (C=O) groups is 1. The Morgan fingerprint density at radius 2 is 2.24 bits per heavy atom. The molecule has 0 saturated carbocycles. The second kappa shape index (κ2) is 5.77. The fourth-order valence-electron chi connectivity index (χ4n) is 2.13. The van der Waals surface area contributed by atoms with Crippen molar-refractivity contribution in [2.45, 2.75) is 19.3 Å². The van der Waals surface area contributed by atoms with Crippen molar-refractivity contribution < 1.29 is 18.3 Å². The molecule has 3 rings (SSSR count). The second-order valence-corrected chi connectivity index (χ2v) is 5.74. The Kier molecular flexibility index (Phi) is 3.83. The van der Waals surface area contributed by atoms with E-state index in [9.17, 15) is 13.6 Å². The number of fused-ring (bicyclic) bond motifs is 1. The Balaban J connectivity index is 1.56. The first-order valence-electron chi connectivity index (χ1n) is 6.48. The Labute approximate surface area is 123 Å². The first-order chi connectivity index (χ1) is 10.1. The van der Waals surface area contributed by atoms with E-state index in [1.165, 1.54) is 16.2 Å². The summed E-state index contributed by atoms with van der Waals surface area (Å²) in [6.45, 7) is -0.354. The molecule has 1 N–H and O–H groups in total. The Morgan fingerprint density at radius 3 is 3.00 bits per heavy atom. The van der Waals surface area contributed by atoms with Crippen molar-refractivity contribution in [2.24, 2.45) is 0 Å². The molecular weight excluding hydrogens is 298 g/mol. The quantitative estimate of drug-likeness (QED) is 0.944. The summed E-state index contributed by atoms with van der Waals surface area (Å²) in [7, 11) is 0. The third kappa shape index (κ3) is 3.18. The van der Waals surface area contributed by atoms with Crippen LogP contribution in [-0.4, -0.2) is 17.5 Å². The highest BCUT2D eigenvalue weighted by Gasteiger charge is 2.18. The van der Waals surface area contributed by atoms with Crippen LogP contribution in [0.5, 0.6) is 5.75 Å². The number of anilines is 1. The molecule has 1 aromatic heterocycles. The van der Waals surface area contributed by atoms with E-state index in [-0.39, 0.29) is 12.4 Å². The van der Waals surface area contributed by atoms with Gasteiger partial charge < -0.3 is 4.74 Å². The topological polar surface area (TPSA) is 51.2 Å². The number of aromatic nitrogens is 1. The van der Waals surface area contributed by atoms with Crippen molar-refractivity contribution in [1.82, 2.24) is 4.98 Å². The molecule has 0 atom stereocenters. The number of rotatable bonds is 4. The number of hydrogen-bond acceptors (Lipinski definition) is 4. The van der Waals surface area contributed by atoms with Crippen molar-refractivity contribution in [1.29, 1.82) is 0 Å². The molecule has 1 aliphatic carbocycles. The molecule has 0 aliphatic heterocycles. The molecule has 0 spiro atoms. The van der Waals surface area contributed by atoms with Crippen molar-refractivity contribution >= 4 is 22.4 Å². The largest absolute Gasteiger partial charge is 0.481 e. The molecule has 0 fully saturated rings. The number of carbonyl (C=O) groups excluding carboxylic acids is 1. The van der Waals surface area contributed by atoms with Gasteiger partial charge in [-0.05, 0) is 31.4 Å². The SMILES string of the molecule is O=C(COc1ccc(F)cc1F)Nc1nc2c(s1)CCC2. The molecule has 4 nitrogen and oxygen atoms in total.